The van der Waals surface area contributed by atoms with Crippen molar-refractivity contribution in [2.75, 3.05) is 20.2 Å². The molecule has 2 N–H and O–H groups in total. The van der Waals surface area contributed by atoms with Gasteiger partial charge in [0.1, 0.15) is 5.75 Å². The van der Waals surface area contributed by atoms with Crippen LogP contribution >= 0.6 is 0 Å². The van der Waals surface area contributed by atoms with Gasteiger partial charge in [-0.25, -0.2) is 0 Å². The molecule has 1 aliphatic heterocycles. The minimum atomic E-state index is -0.0742. The highest BCUT2D eigenvalue weighted by Crippen LogP contribution is 2.28. The predicted molar refractivity (Wildman–Crippen MR) is 91.9 cm³/mol. The number of rotatable bonds is 5. The summed E-state index contributed by atoms with van der Waals surface area (Å²) in [4.78, 5) is 12.7. The maximum Gasteiger partial charge on any atom is 0.225 e. The lowest BCUT2D eigenvalue weighted by atomic mass is 9.90. The van der Waals surface area contributed by atoms with Gasteiger partial charge in [0.2, 0.25) is 5.91 Å². The highest BCUT2D eigenvalue weighted by molar-refractivity contribution is 5.81. The van der Waals surface area contributed by atoms with Gasteiger partial charge in [-0.3, -0.25) is 9.48 Å². The molecule has 1 aromatic heterocycles. The van der Waals surface area contributed by atoms with Crippen molar-refractivity contribution in [1.29, 1.82) is 0 Å². The first-order chi connectivity index (χ1) is 11.6. The molecule has 6 heteroatoms. The molecule has 6 nitrogen and oxygen atoms in total. The molecular weight excluding hydrogens is 304 g/mol. The Kier molecular flexibility index (Phi) is 4.85. The summed E-state index contributed by atoms with van der Waals surface area (Å²) in [5, 5.41) is 10.7. The maximum absolute atomic E-state index is 12.7. The monoisotopic (exact) mass is 328 g/mol. The topological polar surface area (TPSA) is 68.2 Å². The van der Waals surface area contributed by atoms with Gasteiger partial charge < -0.3 is 15.4 Å². The van der Waals surface area contributed by atoms with Crippen molar-refractivity contribution in [1.82, 2.24) is 20.4 Å². The van der Waals surface area contributed by atoms with Gasteiger partial charge in [0.15, 0.2) is 0 Å². The SMILES string of the molecule is COc1ccc(C(C)NC(=O)[C@H]2CNC[C@@H]2c2cnn(C)c2)cc1. The molecule has 0 radical (unpaired) electrons. The number of aryl methyl sites for hydroxylation is 1. The van der Waals surface area contributed by atoms with E-state index in [0.29, 0.717) is 6.54 Å². The third kappa shape index (κ3) is 3.43. The van der Waals surface area contributed by atoms with E-state index >= 15 is 0 Å². The number of benzene rings is 1. The third-order valence-electron chi connectivity index (χ3n) is 4.68. The van der Waals surface area contributed by atoms with Gasteiger partial charge in [0, 0.05) is 32.3 Å². The summed E-state index contributed by atoms with van der Waals surface area (Å²) < 4.78 is 6.95. The van der Waals surface area contributed by atoms with Crippen molar-refractivity contribution in [3.63, 3.8) is 0 Å². The maximum atomic E-state index is 12.7. The molecule has 1 amide bonds. The number of aromatic nitrogens is 2. The summed E-state index contributed by atoms with van der Waals surface area (Å²) >= 11 is 0. The quantitative estimate of drug-likeness (QED) is 0.875. The van der Waals surface area contributed by atoms with Crippen molar-refractivity contribution >= 4 is 5.91 Å². The normalized spacial score (nSPS) is 21.5. The Morgan fingerprint density at radius 2 is 2.12 bits per heavy atom. The molecule has 0 bridgehead atoms. The van der Waals surface area contributed by atoms with E-state index in [2.05, 4.69) is 15.7 Å². The van der Waals surface area contributed by atoms with Crippen molar-refractivity contribution in [2.45, 2.75) is 18.9 Å². The van der Waals surface area contributed by atoms with Gasteiger partial charge in [0.05, 0.1) is 25.3 Å². The lowest BCUT2D eigenvalue weighted by Gasteiger charge is -2.21. The average molecular weight is 328 g/mol. The minimum absolute atomic E-state index is 0.0430. The van der Waals surface area contributed by atoms with Gasteiger partial charge in [-0.15, -0.1) is 0 Å². The summed E-state index contributed by atoms with van der Waals surface area (Å²) in [7, 11) is 3.54. The van der Waals surface area contributed by atoms with Gasteiger partial charge in [0.25, 0.3) is 0 Å². The second kappa shape index (κ2) is 7.05. The Morgan fingerprint density at radius 1 is 1.38 bits per heavy atom. The van der Waals surface area contributed by atoms with Crippen LogP contribution < -0.4 is 15.4 Å². The van der Waals surface area contributed by atoms with Crippen LogP contribution in [0.1, 0.15) is 30.0 Å². The van der Waals surface area contributed by atoms with E-state index in [0.717, 1.165) is 23.4 Å². The van der Waals surface area contributed by atoms with Crippen LogP contribution in [-0.4, -0.2) is 35.9 Å². The number of amides is 1. The molecule has 1 fully saturated rings. The molecule has 0 spiro atoms. The van der Waals surface area contributed by atoms with E-state index in [-0.39, 0.29) is 23.8 Å². The van der Waals surface area contributed by atoms with Crippen LogP contribution in [0.15, 0.2) is 36.7 Å². The number of ether oxygens (including phenoxy) is 1. The molecule has 3 atom stereocenters. The van der Waals surface area contributed by atoms with Crippen molar-refractivity contribution in [3.05, 3.63) is 47.8 Å². The van der Waals surface area contributed by atoms with Crippen LogP contribution in [0.3, 0.4) is 0 Å². The van der Waals surface area contributed by atoms with Gasteiger partial charge in [-0.1, -0.05) is 12.1 Å². The van der Waals surface area contributed by atoms with Gasteiger partial charge in [-0.2, -0.15) is 5.10 Å². The summed E-state index contributed by atoms with van der Waals surface area (Å²) in [6.45, 7) is 3.50. The van der Waals surface area contributed by atoms with E-state index < -0.39 is 0 Å². The number of carbonyl (C=O) groups is 1. The lowest BCUT2D eigenvalue weighted by molar-refractivity contribution is -0.125. The minimum Gasteiger partial charge on any atom is -0.497 e. The second-order valence-electron chi connectivity index (χ2n) is 6.32. The lowest BCUT2D eigenvalue weighted by Crippen LogP contribution is -2.35. The molecule has 128 valence electrons. The number of hydrogen-bond donors (Lipinski definition) is 2. The smallest absolute Gasteiger partial charge is 0.225 e. The number of carbonyl (C=O) groups excluding carboxylic acids is 1. The Balaban J connectivity index is 1.66. The van der Waals surface area contributed by atoms with E-state index in [1.54, 1.807) is 11.8 Å². The summed E-state index contributed by atoms with van der Waals surface area (Å²) in [6.07, 6.45) is 3.84. The molecule has 3 rings (SSSR count). The summed E-state index contributed by atoms with van der Waals surface area (Å²) in [6, 6.07) is 7.74. The van der Waals surface area contributed by atoms with Crippen molar-refractivity contribution in [2.24, 2.45) is 13.0 Å². The second-order valence-corrected chi connectivity index (χ2v) is 6.32. The van der Waals surface area contributed by atoms with Crippen LogP contribution in [-0.2, 0) is 11.8 Å². The van der Waals surface area contributed by atoms with Crippen LogP contribution in [0.25, 0.3) is 0 Å². The molecule has 2 aromatic rings. The fourth-order valence-corrected chi connectivity index (χ4v) is 3.23. The molecule has 24 heavy (non-hydrogen) atoms. The first-order valence-electron chi connectivity index (χ1n) is 8.22. The molecule has 1 unspecified atom stereocenters. The Hall–Kier alpha value is -2.34. The molecule has 1 aromatic carbocycles. The molecular formula is C18H24N4O2. The number of hydrogen-bond acceptors (Lipinski definition) is 4. The van der Waals surface area contributed by atoms with E-state index in [4.69, 9.17) is 4.74 Å². The molecule has 0 aliphatic carbocycles. The fraction of sp³-hybridized carbons (Fsp3) is 0.444. The zero-order valence-electron chi connectivity index (χ0n) is 14.3. The van der Waals surface area contributed by atoms with Crippen molar-refractivity contribution in [3.8, 4) is 5.75 Å². The summed E-state index contributed by atoms with van der Waals surface area (Å²) in [5.74, 6) is 0.989. The average Bonchev–Trinajstić information content (AvgIpc) is 3.23. The molecule has 0 saturated carbocycles. The first kappa shape index (κ1) is 16.5. The molecule has 1 aliphatic rings. The zero-order chi connectivity index (χ0) is 17.1. The zero-order valence-corrected chi connectivity index (χ0v) is 14.3. The number of methoxy groups -OCH3 is 1. The molecule has 1 saturated heterocycles. The third-order valence-corrected chi connectivity index (χ3v) is 4.68. The van der Waals surface area contributed by atoms with Crippen LogP contribution in [0.5, 0.6) is 5.75 Å². The van der Waals surface area contributed by atoms with Gasteiger partial charge >= 0.3 is 0 Å². The van der Waals surface area contributed by atoms with Crippen LogP contribution in [0.4, 0.5) is 0 Å². The Bertz CT molecular complexity index is 695. The Labute approximate surface area is 142 Å². The largest absolute Gasteiger partial charge is 0.497 e. The standard InChI is InChI=1S/C18H24N4O2/c1-12(13-4-6-15(24-3)7-5-13)21-18(23)17-10-19-9-16(17)14-8-20-22(2)11-14/h4-8,11-12,16-17,19H,9-10H2,1-3H3,(H,21,23)/t12?,16-,17+/m1/s1. The fourth-order valence-electron chi connectivity index (χ4n) is 3.23. The van der Waals surface area contributed by atoms with E-state index in [9.17, 15) is 4.79 Å². The highest BCUT2D eigenvalue weighted by atomic mass is 16.5. The summed E-state index contributed by atoms with van der Waals surface area (Å²) in [5.41, 5.74) is 2.17. The highest BCUT2D eigenvalue weighted by Gasteiger charge is 2.35. The van der Waals surface area contributed by atoms with E-state index in [1.165, 1.54) is 0 Å². The number of nitrogens with one attached hydrogen (secondary N) is 2. The number of nitrogens with zero attached hydrogens (tertiary/aromatic N) is 2. The van der Waals surface area contributed by atoms with E-state index in [1.807, 2.05) is 50.6 Å². The first-order valence-corrected chi connectivity index (χ1v) is 8.22. The Morgan fingerprint density at radius 3 is 2.75 bits per heavy atom. The van der Waals surface area contributed by atoms with Crippen LogP contribution in [0.2, 0.25) is 0 Å². The van der Waals surface area contributed by atoms with Gasteiger partial charge in [-0.05, 0) is 30.2 Å². The van der Waals surface area contributed by atoms with Crippen molar-refractivity contribution < 1.29 is 9.53 Å². The molecule has 2 heterocycles. The van der Waals surface area contributed by atoms with Crippen LogP contribution in [0, 0.1) is 5.92 Å². The predicted octanol–water partition coefficient (Wildman–Crippen LogP) is 1.61.